The van der Waals surface area contributed by atoms with Gasteiger partial charge >= 0.3 is 5.97 Å². The van der Waals surface area contributed by atoms with Gasteiger partial charge in [0.1, 0.15) is 11.6 Å². The second-order valence-electron chi connectivity index (χ2n) is 4.13. The van der Waals surface area contributed by atoms with Gasteiger partial charge in [-0.05, 0) is 12.1 Å². The van der Waals surface area contributed by atoms with Crippen LogP contribution in [-0.4, -0.2) is 39.3 Å². The fourth-order valence-corrected chi connectivity index (χ4v) is 1.67. The minimum absolute atomic E-state index is 0.0459. The monoisotopic (exact) mass is 290 g/mol. The van der Waals surface area contributed by atoms with Crippen LogP contribution in [0.4, 0.5) is 5.69 Å². The Morgan fingerprint density at radius 3 is 2.76 bits per heavy atom. The number of nitrogens with one attached hydrogen (secondary N) is 2. The summed E-state index contributed by atoms with van der Waals surface area (Å²) in [4.78, 5) is 27.2. The first-order chi connectivity index (χ1) is 10.0. The maximum atomic E-state index is 12.0. The number of hydrogen-bond acceptors (Lipinski definition) is 5. The fourth-order valence-electron chi connectivity index (χ4n) is 1.67. The van der Waals surface area contributed by atoms with E-state index in [0.717, 1.165) is 0 Å². The van der Waals surface area contributed by atoms with Crippen LogP contribution in [0.2, 0.25) is 0 Å². The number of carboxylic acids is 1. The Kier molecular flexibility index (Phi) is 4.17. The third-order valence-electron chi connectivity index (χ3n) is 2.78. The molecule has 0 unspecified atom stereocenters. The number of aromatic nitrogens is 3. The SMILES string of the molecule is CCc1nc(C(=O)Nc2cc(OC)ccc2C(=O)O)n[nH]1. The van der Waals surface area contributed by atoms with Crippen LogP contribution in [0.15, 0.2) is 18.2 Å². The van der Waals surface area contributed by atoms with Crippen molar-refractivity contribution in [2.75, 3.05) is 12.4 Å². The van der Waals surface area contributed by atoms with Crippen LogP contribution < -0.4 is 10.1 Å². The summed E-state index contributed by atoms with van der Waals surface area (Å²) in [5, 5.41) is 18.0. The van der Waals surface area contributed by atoms with Gasteiger partial charge in [-0.15, -0.1) is 5.10 Å². The number of carboxylic acid groups (broad SMARTS) is 1. The fraction of sp³-hybridized carbons (Fsp3) is 0.231. The Morgan fingerprint density at radius 2 is 2.19 bits per heavy atom. The highest BCUT2D eigenvalue weighted by atomic mass is 16.5. The second-order valence-corrected chi connectivity index (χ2v) is 4.13. The number of rotatable bonds is 5. The lowest BCUT2D eigenvalue weighted by Gasteiger charge is -2.09. The van der Waals surface area contributed by atoms with Gasteiger partial charge in [0, 0.05) is 12.5 Å². The van der Waals surface area contributed by atoms with Crippen molar-refractivity contribution in [2.45, 2.75) is 13.3 Å². The summed E-state index contributed by atoms with van der Waals surface area (Å²) in [7, 11) is 1.45. The first-order valence-corrected chi connectivity index (χ1v) is 6.19. The highest BCUT2D eigenvalue weighted by Gasteiger charge is 2.17. The molecule has 1 aromatic carbocycles. The smallest absolute Gasteiger partial charge is 0.337 e. The van der Waals surface area contributed by atoms with Crippen LogP contribution in [0.1, 0.15) is 33.7 Å². The molecule has 21 heavy (non-hydrogen) atoms. The summed E-state index contributed by atoms with van der Waals surface area (Å²) < 4.78 is 5.02. The maximum Gasteiger partial charge on any atom is 0.337 e. The average molecular weight is 290 g/mol. The molecule has 8 nitrogen and oxygen atoms in total. The van der Waals surface area contributed by atoms with Gasteiger partial charge < -0.3 is 15.2 Å². The molecular weight excluding hydrogens is 276 g/mol. The van der Waals surface area contributed by atoms with Gasteiger partial charge in [-0.1, -0.05) is 6.92 Å². The van der Waals surface area contributed by atoms with Crippen molar-refractivity contribution >= 4 is 17.6 Å². The van der Waals surface area contributed by atoms with Crippen molar-refractivity contribution in [3.63, 3.8) is 0 Å². The van der Waals surface area contributed by atoms with Crippen molar-refractivity contribution in [3.05, 3.63) is 35.4 Å². The molecule has 2 rings (SSSR count). The van der Waals surface area contributed by atoms with Gasteiger partial charge in [-0.3, -0.25) is 9.89 Å². The molecule has 0 aliphatic rings. The normalized spacial score (nSPS) is 10.2. The van der Waals surface area contributed by atoms with Crippen LogP contribution in [0.5, 0.6) is 5.75 Å². The van der Waals surface area contributed by atoms with E-state index in [1.54, 1.807) is 0 Å². The molecule has 2 aromatic rings. The number of amides is 1. The van der Waals surface area contributed by atoms with E-state index in [0.29, 0.717) is 18.0 Å². The molecule has 0 saturated carbocycles. The van der Waals surface area contributed by atoms with E-state index < -0.39 is 11.9 Å². The number of carbonyl (C=O) groups excluding carboxylic acids is 1. The number of hydrogen-bond donors (Lipinski definition) is 3. The lowest BCUT2D eigenvalue weighted by molar-refractivity contribution is 0.0698. The van der Waals surface area contributed by atoms with Gasteiger partial charge in [0.25, 0.3) is 5.91 Å². The van der Waals surface area contributed by atoms with E-state index in [1.165, 1.54) is 25.3 Å². The zero-order valence-electron chi connectivity index (χ0n) is 11.5. The van der Waals surface area contributed by atoms with Gasteiger partial charge in [0.15, 0.2) is 0 Å². The molecule has 1 aromatic heterocycles. The first kappa shape index (κ1) is 14.5. The number of aryl methyl sites for hydroxylation is 1. The highest BCUT2D eigenvalue weighted by Crippen LogP contribution is 2.23. The molecule has 3 N–H and O–H groups in total. The van der Waals surface area contributed by atoms with Crippen LogP contribution in [0, 0.1) is 0 Å². The minimum atomic E-state index is -1.16. The number of aromatic carboxylic acids is 1. The van der Waals surface area contributed by atoms with E-state index in [1.807, 2.05) is 6.92 Å². The number of carbonyl (C=O) groups is 2. The summed E-state index contributed by atoms with van der Waals surface area (Å²) in [5.74, 6) is -0.798. The molecule has 0 bridgehead atoms. The number of H-pyrrole nitrogens is 1. The number of ether oxygens (including phenoxy) is 1. The zero-order chi connectivity index (χ0) is 15.4. The minimum Gasteiger partial charge on any atom is -0.497 e. The van der Waals surface area contributed by atoms with Crippen molar-refractivity contribution in [1.82, 2.24) is 15.2 Å². The van der Waals surface area contributed by atoms with Crippen LogP contribution in [-0.2, 0) is 6.42 Å². The molecule has 0 fully saturated rings. The molecule has 8 heteroatoms. The Bertz CT molecular complexity index is 681. The topological polar surface area (TPSA) is 117 Å². The molecule has 110 valence electrons. The lowest BCUT2D eigenvalue weighted by Crippen LogP contribution is -2.16. The van der Waals surface area contributed by atoms with Gasteiger partial charge in [0.2, 0.25) is 5.82 Å². The number of benzene rings is 1. The third-order valence-corrected chi connectivity index (χ3v) is 2.78. The van der Waals surface area contributed by atoms with E-state index in [9.17, 15) is 9.59 Å². The van der Waals surface area contributed by atoms with E-state index in [2.05, 4.69) is 20.5 Å². The van der Waals surface area contributed by atoms with E-state index >= 15 is 0 Å². The quantitative estimate of drug-likeness (QED) is 0.764. The molecule has 0 aliphatic heterocycles. The number of anilines is 1. The number of aromatic amines is 1. The molecule has 0 radical (unpaired) electrons. The Hall–Kier alpha value is -2.90. The van der Waals surface area contributed by atoms with Crippen molar-refractivity contribution < 1.29 is 19.4 Å². The average Bonchev–Trinajstić information content (AvgIpc) is 2.95. The second kappa shape index (κ2) is 6.04. The van der Waals surface area contributed by atoms with E-state index in [-0.39, 0.29) is 17.1 Å². The first-order valence-electron chi connectivity index (χ1n) is 6.19. The Balaban J connectivity index is 2.28. The van der Waals surface area contributed by atoms with Crippen molar-refractivity contribution in [3.8, 4) is 5.75 Å². The summed E-state index contributed by atoms with van der Waals surface area (Å²) in [5.41, 5.74) is 0.0742. The predicted molar refractivity (Wildman–Crippen MR) is 73.7 cm³/mol. The lowest BCUT2D eigenvalue weighted by atomic mass is 10.1. The molecule has 0 aliphatic carbocycles. The third kappa shape index (κ3) is 3.16. The molecule has 0 saturated heterocycles. The molecule has 0 atom stereocenters. The largest absolute Gasteiger partial charge is 0.497 e. The van der Waals surface area contributed by atoms with Gasteiger partial charge in [0.05, 0.1) is 18.4 Å². The summed E-state index contributed by atoms with van der Waals surface area (Å²) in [6.45, 7) is 1.87. The summed E-state index contributed by atoms with van der Waals surface area (Å²) in [6.07, 6.45) is 0.611. The van der Waals surface area contributed by atoms with Crippen LogP contribution in [0.3, 0.4) is 0 Å². The summed E-state index contributed by atoms with van der Waals surface area (Å²) >= 11 is 0. The Labute approximate surface area is 120 Å². The molecular formula is C13H14N4O4. The molecule has 1 amide bonds. The van der Waals surface area contributed by atoms with Gasteiger partial charge in [-0.25, -0.2) is 9.78 Å². The number of methoxy groups -OCH3 is 1. The van der Waals surface area contributed by atoms with E-state index in [4.69, 9.17) is 9.84 Å². The highest BCUT2D eigenvalue weighted by molar-refractivity contribution is 6.06. The predicted octanol–water partition coefficient (Wildman–Crippen LogP) is 1.33. The zero-order valence-corrected chi connectivity index (χ0v) is 11.5. The maximum absolute atomic E-state index is 12.0. The molecule has 1 heterocycles. The Morgan fingerprint density at radius 1 is 1.43 bits per heavy atom. The van der Waals surface area contributed by atoms with Gasteiger partial charge in [-0.2, -0.15) is 0 Å². The van der Waals surface area contributed by atoms with Crippen LogP contribution in [0.25, 0.3) is 0 Å². The van der Waals surface area contributed by atoms with Crippen molar-refractivity contribution in [2.24, 2.45) is 0 Å². The molecule has 0 spiro atoms. The van der Waals surface area contributed by atoms with Crippen LogP contribution >= 0.6 is 0 Å². The summed E-state index contributed by atoms with van der Waals surface area (Å²) in [6, 6.07) is 4.28. The number of nitrogens with zero attached hydrogens (tertiary/aromatic N) is 2. The standard InChI is InChI=1S/C13H14N4O4/c1-3-10-15-11(17-16-10)12(18)14-9-6-7(21-2)4-5-8(9)13(19)20/h4-6H,3H2,1-2H3,(H,14,18)(H,19,20)(H,15,16,17). The van der Waals surface area contributed by atoms with Crippen molar-refractivity contribution in [1.29, 1.82) is 0 Å².